The summed E-state index contributed by atoms with van der Waals surface area (Å²) < 4.78 is 0. The van der Waals surface area contributed by atoms with Crippen molar-refractivity contribution in [2.75, 3.05) is 0 Å². The number of hydrogen-bond donors (Lipinski definition) is 4. The Labute approximate surface area is 115 Å². The Morgan fingerprint density at radius 2 is 1.40 bits per heavy atom. The van der Waals surface area contributed by atoms with Crippen molar-refractivity contribution in [1.82, 2.24) is 0 Å². The highest BCUT2D eigenvalue weighted by Crippen LogP contribution is 2.01. The molecule has 0 unspecified atom stereocenters. The summed E-state index contributed by atoms with van der Waals surface area (Å²) in [4.78, 5) is 29.7. The van der Waals surface area contributed by atoms with Crippen molar-refractivity contribution >= 4 is 17.9 Å². The summed E-state index contributed by atoms with van der Waals surface area (Å²) in [7, 11) is 0. The van der Waals surface area contributed by atoms with E-state index >= 15 is 0 Å². The average Bonchev–Trinajstić information content (AvgIpc) is 2.38. The van der Waals surface area contributed by atoms with Gasteiger partial charge in [0.2, 0.25) is 0 Å². The molecule has 0 saturated carbocycles. The van der Waals surface area contributed by atoms with Gasteiger partial charge in [-0.05, 0) is 12.0 Å². The molecule has 1 aromatic rings. The zero-order valence-corrected chi connectivity index (χ0v) is 10.7. The Morgan fingerprint density at radius 1 is 0.950 bits per heavy atom. The van der Waals surface area contributed by atoms with E-state index in [0.717, 1.165) is 5.56 Å². The van der Waals surface area contributed by atoms with Gasteiger partial charge in [0.1, 0.15) is 6.04 Å². The molecule has 1 atom stereocenters. The average molecular weight is 283 g/mol. The molecule has 0 aliphatic carbocycles. The third kappa shape index (κ3) is 9.60. The van der Waals surface area contributed by atoms with Crippen LogP contribution < -0.4 is 5.73 Å². The molecule has 110 valence electrons. The third-order valence-corrected chi connectivity index (χ3v) is 2.17. The van der Waals surface area contributed by atoms with Crippen LogP contribution in [0.25, 0.3) is 0 Å². The minimum atomic E-state index is -1.08. The smallest absolute Gasteiger partial charge is 0.320 e. The van der Waals surface area contributed by atoms with Crippen molar-refractivity contribution in [2.24, 2.45) is 5.73 Å². The molecule has 0 spiro atoms. The van der Waals surface area contributed by atoms with Gasteiger partial charge in [0, 0.05) is 0 Å². The Hall–Kier alpha value is -2.41. The zero-order valence-electron chi connectivity index (χ0n) is 10.7. The summed E-state index contributed by atoms with van der Waals surface area (Å²) in [5.74, 6) is -3.11. The molecular formula is C13H17NO6. The highest BCUT2D eigenvalue weighted by Gasteiger charge is 2.10. The van der Waals surface area contributed by atoms with Gasteiger partial charge in [-0.25, -0.2) is 0 Å². The van der Waals surface area contributed by atoms with Crippen LogP contribution in [0.5, 0.6) is 0 Å². The highest BCUT2D eigenvalue weighted by molar-refractivity contribution is 5.75. The van der Waals surface area contributed by atoms with Crippen LogP contribution in [0, 0.1) is 0 Å². The number of aliphatic carboxylic acids is 3. The van der Waals surface area contributed by atoms with E-state index in [1.165, 1.54) is 0 Å². The number of benzene rings is 1. The second-order valence-corrected chi connectivity index (χ2v) is 3.92. The SMILES string of the molecule is N[C@@H](Cc1ccccc1)C(=O)O.O=C(O)CCC(=O)O. The maximum Gasteiger partial charge on any atom is 0.320 e. The van der Waals surface area contributed by atoms with E-state index in [1.807, 2.05) is 30.3 Å². The molecule has 0 amide bonds. The lowest BCUT2D eigenvalue weighted by molar-refractivity contribution is -0.143. The molecule has 0 aliphatic heterocycles. The largest absolute Gasteiger partial charge is 0.481 e. The predicted molar refractivity (Wildman–Crippen MR) is 70.3 cm³/mol. The second-order valence-electron chi connectivity index (χ2n) is 3.92. The molecular weight excluding hydrogens is 266 g/mol. The Bertz CT molecular complexity index is 431. The van der Waals surface area contributed by atoms with E-state index in [0.29, 0.717) is 6.42 Å². The summed E-state index contributed by atoms with van der Waals surface area (Å²) in [5, 5.41) is 24.3. The standard InChI is InChI=1S/C9H11NO2.C4H6O4/c10-8(9(11)12)6-7-4-2-1-3-5-7;5-3(6)1-2-4(7)8/h1-5,8H,6,10H2,(H,11,12);1-2H2,(H,5,6)(H,7,8)/t8-;/m0./s1. The molecule has 5 N–H and O–H groups in total. The lowest BCUT2D eigenvalue weighted by Gasteiger charge is -2.04. The summed E-state index contributed by atoms with van der Waals surface area (Å²) in [6.07, 6.45) is -0.208. The molecule has 0 saturated heterocycles. The lowest BCUT2D eigenvalue weighted by atomic mass is 10.1. The van der Waals surface area contributed by atoms with Gasteiger partial charge in [-0.1, -0.05) is 30.3 Å². The van der Waals surface area contributed by atoms with Crippen molar-refractivity contribution in [3.8, 4) is 0 Å². The predicted octanol–water partition coefficient (Wildman–Crippen LogP) is 0.577. The normalized spacial score (nSPS) is 10.8. The first-order valence-corrected chi connectivity index (χ1v) is 5.78. The van der Waals surface area contributed by atoms with E-state index in [2.05, 4.69) is 0 Å². The van der Waals surface area contributed by atoms with E-state index in [-0.39, 0.29) is 12.8 Å². The number of hydrogen-bond acceptors (Lipinski definition) is 4. The number of rotatable bonds is 6. The monoisotopic (exact) mass is 283 g/mol. The van der Waals surface area contributed by atoms with Gasteiger partial charge < -0.3 is 21.1 Å². The van der Waals surface area contributed by atoms with Crippen LogP contribution in [0.1, 0.15) is 18.4 Å². The van der Waals surface area contributed by atoms with Gasteiger partial charge >= 0.3 is 17.9 Å². The topological polar surface area (TPSA) is 138 Å². The second kappa shape index (κ2) is 9.51. The Balaban J connectivity index is 0.000000396. The molecule has 20 heavy (non-hydrogen) atoms. The molecule has 0 fully saturated rings. The number of carbonyl (C=O) groups is 3. The van der Waals surface area contributed by atoms with Crippen molar-refractivity contribution in [2.45, 2.75) is 25.3 Å². The van der Waals surface area contributed by atoms with Crippen LogP contribution in [0.4, 0.5) is 0 Å². The fourth-order valence-corrected chi connectivity index (χ4v) is 1.17. The van der Waals surface area contributed by atoms with Crippen LogP contribution >= 0.6 is 0 Å². The molecule has 1 rings (SSSR count). The van der Waals surface area contributed by atoms with Crippen LogP contribution in [-0.2, 0) is 20.8 Å². The highest BCUT2D eigenvalue weighted by atomic mass is 16.4. The van der Waals surface area contributed by atoms with E-state index in [4.69, 9.17) is 21.1 Å². The van der Waals surface area contributed by atoms with Crippen molar-refractivity contribution < 1.29 is 29.7 Å². The molecule has 0 aromatic heterocycles. The Kier molecular flexibility index (Phi) is 8.36. The van der Waals surface area contributed by atoms with Crippen LogP contribution in [0.15, 0.2) is 30.3 Å². The molecule has 7 nitrogen and oxygen atoms in total. The number of nitrogens with two attached hydrogens (primary N) is 1. The van der Waals surface area contributed by atoms with Crippen molar-refractivity contribution in [3.63, 3.8) is 0 Å². The number of carboxylic acid groups (broad SMARTS) is 3. The van der Waals surface area contributed by atoms with Crippen molar-refractivity contribution in [1.29, 1.82) is 0 Å². The van der Waals surface area contributed by atoms with Crippen molar-refractivity contribution in [3.05, 3.63) is 35.9 Å². The fourth-order valence-electron chi connectivity index (χ4n) is 1.17. The van der Waals surface area contributed by atoms with Crippen LogP contribution in [-0.4, -0.2) is 39.3 Å². The summed E-state index contributed by atoms with van der Waals surface area (Å²) in [6, 6.07) is 8.54. The minimum Gasteiger partial charge on any atom is -0.481 e. The van der Waals surface area contributed by atoms with Crippen LogP contribution in [0.3, 0.4) is 0 Å². The molecule has 7 heteroatoms. The van der Waals surface area contributed by atoms with Gasteiger partial charge in [-0.3, -0.25) is 14.4 Å². The lowest BCUT2D eigenvalue weighted by Crippen LogP contribution is -2.32. The fraction of sp³-hybridized carbons (Fsp3) is 0.308. The van der Waals surface area contributed by atoms with E-state index in [9.17, 15) is 14.4 Å². The molecule has 0 aliphatic rings. The third-order valence-electron chi connectivity index (χ3n) is 2.17. The van der Waals surface area contributed by atoms with Gasteiger partial charge in [0.15, 0.2) is 0 Å². The summed E-state index contributed by atoms with van der Waals surface area (Å²) >= 11 is 0. The van der Waals surface area contributed by atoms with Gasteiger partial charge in [-0.15, -0.1) is 0 Å². The maximum absolute atomic E-state index is 10.4. The van der Waals surface area contributed by atoms with Gasteiger partial charge in [-0.2, -0.15) is 0 Å². The quantitative estimate of drug-likeness (QED) is 0.598. The van der Waals surface area contributed by atoms with E-state index in [1.54, 1.807) is 0 Å². The van der Waals surface area contributed by atoms with Gasteiger partial charge in [0.25, 0.3) is 0 Å². The maximum atomic E-state index is 10.4. The van der Waals surface area contributed by atoms with Crippen LogP contribution in [0.2, 0.25) is 0 Å². The molecule has 0 radical (unpaired) electrons. The first kappa shape index (κ1) is 17.6. The first-order chi connectivity index (χ1) is 9.32. The molecule has 0 bridgehead atoms. The Morgan fingerprint density at radius 3 is 1.75 bits per heavy atom. The molecule has 1 aromatic carbocycles. The summed E-state index contributed by atoms with van der Waals surface area (Å²) in [6.45, 7) is 0. The minimum absolute atomic E-state index is 0.296. The zero-order chi connectivity index (χ0) is 15.5. The molecule has 0 heterocycles. The van der Waals surface area contributed by atoms with Gasteiger partial charge in [0.05, 0.1) is 12.8 Å². The first-order valence-electron chi connectivity index (χ1n) is 5.78. The van der Waals surface area contributed by atoms with E-state index < -0.39 is 23.9 Å². The summed E-state index contributed by atoms with van der Waals surface area (Å²) in [5.41, 5.74) is 6.30. The number of carboxylic acids is 3.